The van der Waals surface area contributed by atoms with Gasteiger partial charge in [-0.1, -0.05) is 66.1 Å². The number of rotatable bonds is 11. The van der Waals surface area contributed by atoms with Crippen LogP contribution in [-0.4, -0.2) is 22.9 Å². The van der Waals surface area contributed by atoms with E-state index < -0.39 is 12.1 Å². The molecule has 0 bridgehead atoms. The van der Waals surface area contributed by atoms with E-state index in [1.54, 1.807) is 0 Å². The molecular weight excluding hydrogens is 406 g/mol. The maximum Gasteiger partial charge on any atom is 0.411 e. The zero-order valence-corrected chi connectivity index (χ0v) is 18.4. The smallest absolute Gasteiger partial charge is 0.411 e. The molecule has 1 unspecified atom stereocenters. The fourth-order valence-electron chi connectivity index (χ4n) is 2.45. The molecule has 0 aliphatic carbocycles. The van der Waals surface area contributed by atoms with Crippen LogP contribution in [0.2, 0.25) is 0 Å². The zero-order chi connectivity index (χ0) is 21.1. The summed E-state index contributed by atoms with van der Waals surface area (Å²) in [4.78, 5) is 23.5. The van der Waals surface area contributed by atoms with Crippen molar-refractivity contribution in [1.29, 1.82) is 0 Å². The second-order valence-corrected chi connectivity index (χ2v) is 9.30. The summed E-state index contributed by atoms with van der Waals surface area (Å²) in [6.07, 6.45) is 1.85. The van der Waals surface area contributed by atoms with Crippen LogP contribution in [0.15, 0.2) is 53.4 Å². The molecule has 5 nitrogen and oxygen atoms in total. The maximum absolute atomic E-state index is 12.0. The Bertz CT molecular complexity index is 778. The van der Waals surface area contributed by atoms with E-state index in [-0.39, 0.29) is 13.0 Å². The number of anilines is 1. The van der Waals surface area contributed by atoms with Crippen molar-refractivity contribution in [1.82, 2.24) is 0 Å². The predicted molar refractivity (Wildman–Crippen MR) is 120 cm³/mol. The summed E-state index contributed by atoms with van der Waals surface area (Å²) >= 11 is 0. The molecule has 0 spiro atoms. The Labute approximate surface area is 180 Å². The van der Waals surface area contributed by atoms with E-state index in [1.807, 2.05) is 48.5 Å². The second kappa shape index (κ2) is 12.4. The lowest BCUT2D eigenvalue weighted by atomic mass is 9.99. The molecule has 0 radical (unpaired) electrons. The molecule has 0 aliphatic rings. The number of carboxylic acid groups (broad SMARTS) is 1. The van der Waals surface area contributed by atoms with Crippen molar-refractivity contribution in [3.05, 3.63) is 59.7 Å². The van der Waals surface area contributed by atoms with Crippen molar-refractivity contribution in [3.8, 4) is 0 Å². The van der Waals surface area contributed by atoms with Crippen molar-refractivity contribution < 1.29 is 19.4 Å². The summed E-state index contributed by atoms with van der Waals surface area (Å²) in [5, 5.41) is 11.4. The van der Waals surface area contributed by atoms with Crippen molar-refractivity contribution in [2.75, 3.05) is 11.1 Å². The summed E-state index contributed by atoms with van der Waals surface area (Å²) in [5.74, 6) is 0.418. The second-order valence-electron chi connectivity index (χ2n) is 6.81. The SMILES string of the molecule is CCC(C)Cc1ccc(NC(=O)OCc2ccc(SSCCC(=O)O)cc2)cc1. The van der Waals surface area contributed by atoms with Gasteiger partial charge < -0.3 is 9.84 Å². The highest BCUT2D eigenvalue weighted by molar-refractivity contribution is 8.76. The molecule has 0 saturated heterocycles. The maximum atomic E-state index is 12.0. The first-order valence-electron chi connectivity index (χ1n) is 9.59. The number of benzene rings is 2. The van der Waals surface area contributed by atoms with Gasteiger partial charge in [0.1, 0.15) is 6.61 Å². The molecule has 0 aromatic heterocycles. The van der Waals surface area contributed by atoms with Gasteiger partial charge in [0.25, 0.3) is 0 Å². The standard InChI is InChI=1S/C22H27NO4S2/c1-3-16(2)14-17-4-8-19(9-5-17)23-22(26)27-15-18-6-10-20(11-7-18)29-28-13-12-21(24)25/h4-11,16H,3,12-15H2,1-2H3,(H,23,26)(H,24,25). The molecule has 0 saturated carbocycles. The quantitative estimate of drug-likeness (QED) is 0.323. The van der Waals surface area contributed by atoms with Gasteiger partial charge in [0.2, 0.25) is 0 Å². The van der Waals surface area contributed by atoms with Crippen LogP contribution in [0.1, 0.15) is 37.8 Å². The Hall–Kier alpha value is -2.12. The molecule has 2 rings (SSSR count). The minimum atomic E-state index is -0.786. The Kier molecular flexibility index (Phi) is 9.94. The number of carboxylic acids is 1. The molecule has 0 fully saturated rings. The van der Waals surface area contributed by atoms with Gasteiger partial charge in [-0.15, -0.1) is 0 Å². The molecule has 29 heavy (non-hydrogen) atoms. The van der Waals surface area contributed by atoms with E-state index in [0.717, 1.165) is 23.3 Å². The third-order valence-corrected chi connectivity index (χ3v) is 6.71. The van der Waals surface area contributed by atoms with Gasteiger partial charge >= 0.3 is 12.1 Å². The van der Waals surface area contributed by atoms with Crippen LogP contribution in [0.4, 0.5) is 10.5 Å². The fourth-order valence-corrected chi connectivity index (χ4v) is 4.42. The van der Waals surface area contributed by atoms with Crippen molar-refractivity contribution in [3.63, 3.8) is 0 Å². The van der Waals surface area contributed by atoms with Crippen LogP contribution in [-0.2, 0) is 22.6 Å². The van der Waals surface area contributed by atoms with Gasteiger partial charge in [0, 0.05) is 16.3 Å². The molecule has 156 valence electrons. The van der Waals surface area contributed by atoms with Crippen LogP contribution >= 0.6 is 21.6 Å². The minimum Gasteiger partial charge on any atom is -0.481 e. The van der Waals surface area contributed by atoms with Gasteiger partial charge in [-0.2, -0.15) is 0 Å². The van der Waals surface area contributed by atoms with Gasteiger partial charge in [-0.25, -0.2) is 4.79 Å². The van der Waals surface area contributed by atoms with Gasteiger partial charge in [0.05, 0.1) is 6.42 Å². The van der Waals surface area contributed by atoms with Crippen molar-refractivity contribution >= 4 is 39.3 Å². The molecule has 2 N–H and O–H groups in total. The zero-order valence-electron chi connectivity index (χ0n) is 16.7. The van der Waals surface area contributed by atoms with E-state index in [2.05, 4.69) is 19.2 Å². The van der Waals surface area contributed by atoms with Crippen LogP contribution < -0.4 is 5.32 Å². The van der Waals surface area contributed by atoms with Crippen LogP contribution in [0.25, 0.3) is 0 Å². The number of hydrogen-bond donors (Lipinski definition) is 2. The predicted octanol–water partition coefficient (Wildman–Crippen LogP) is 6.24. The Morgan fingerprint density at radius 1 is 1.07 bits per heavy atom. The monoisotopic (exact) mass is 433 g/mol. The van der Waals surface area contributed by atoms with Crippen LogP contribution in [0.5, 0.6) is 0 Å². The molecular formula is C22H27NO4S2. The number of amides is 1. The van der Waals surface area contributed by atoms with E-state index in [4.69, 9.17) is 9.84 Å². The van der Waals surface area contributed by atoms with E-state index in [0.29, 0.717) is 17.4 Å². The number of carbonyl (C=O) groups excluding carboxylic acids is 1. The molecule has 2 aromatic rings. The lowest BCUT2D eigenvalue weighted by Gasteiger charge is -2.10. The lowest BCUT2D eigenvalue weighted by molar-refractivity contribution is -0.136. The number of hydrogen-bond acceptors (Lipinski definition) is 5. The fraction of sp³-hybridized carbons (Fsp3) is 0.364. The highest BCUT2D eigenvalue weighted by Crippen LogP contribution is 2.31. The number of nitrogens with one attached hydrogen (secondary N) is 1. The van der Waals surface area contributed by atoms with E-state index in [1.165, 1.54) is 27.2 Å². The first-order valence-corrected chi connectivity index (χ1v) is 11.9. The minimum absolute atomic E-state index is 0.152. The largest absolute Gasteiger partial charge is 0.481 e. The molecule has 0 aliphatic heterocycles. The average molecular weight is 434 g/mol. The molecule has 2 aromatic carbocycles. The van der Waals surface area contributed by atoms with Crippen molar-refractivity contribution in [2.45, 2.75) is 44.6 Å². The highest BCUT2D eigenvalue weighted by Gasteiger charge is 2.06. The van der Waals surface area contributed by atoms with Crippen molar-refractivity contribution in [2.24, 2.45) is 5.92 Å². The highest BCUT2D eigenvalue weighted by atomic mass is 33.1. The Morgan fingerprint density at radius 3 is 2.34 bits per heavy atom. The Morgan fingerprint density at radius 2 is 1.72 bits per heavy atom. The summed E-state index contributed by atoms with van der Waals surface area (Å²) in [6.45, 7) is 4.60. The summed E-state index contributed by atoms with van der Waals surface area (Å²) in [6, 6.07) is 15.5. The van der Waals surface area contributed by atoms with Crippen LogP contribution in [0, 0.1) is 5.92 Å². The third-order valence-electron chi connectivity index (χ3n) is 4.33. The number of carbonyl (C=O) groups is 2. The number of ether oxygens (including phenoxy) is 1. The Balaban J connectivity index is 1.72. The first-order chi connectivity index (χ1) is 14.0. The first kappa shape index (κ1) is 23.2. The topological polar surface area (TPSA) is 75.6 Å². The van der Waals surface area contributed by atoms with E-state index >= 15 is 0 Å². The normalized spacial score (nSPS) is 11.7. The third kappa shape index (κ3) is 9.28. The number of aliphatic carboxylic acids is 1. The van der Waals surface area contributed by atoms with Gasteiger partial charge in [-0.05, 0) is 47.7 Å². The van der Waals surface area contributed by atoms with Crippen LogP contribution in [0.3, 0.4) is 0 Å². The summed E-state index contributed by atoms with van der Waals surface area (Å²) < 4.78 is 5.28. The molecule has 7 heteroatoms. The average Bonchev–Trinajstić information content (AvgIpc) is 2.71. The summed E-state index contributed by atoms with van der Waals surface area (Å²) in [5.41, 5.74) is 2.87. The lowest BCUT2D eigenvalue weighted by Crippen LogP contribution is -2.13. The summed E-state index contributed by atoms with van der Waals surface area (Å²) in [7, 11) is 3.04. The van der Waals surface area contributed by atoms with Gasteiger partial charge in [-0.3, -0.25) is 10.1 Å². The molecule has 1 atom stereocenters. The van der Waals surface area contributed by atoms with E-state index in [9.17, 15) is 9.59 Å². The van der Waals surface area contributed by atoms with Gasteiger partial charge in [0.15, 0.2) is 0 Å². The molecule has 1 amide bonds. The molecule has 0 heterocycles.